The van der Waals surface area contributed by atoms with Crippen LogP contribution in [0.5, 0.6) is 0 Å². The van der Waals surface area contributed by atoms with Crippen LogP contribution < -0.4 is 5.46 Å². The summed E-state index contributed by atoms with van der Waals surface area (Å²) in [5, 5.41) is 35.5. The summed E-state index contributed by atoms with van der Waals surface area (Å²) in [6.45, 7) is 0. The average molecular weight is 267 g/mol. The molecule has 0 aliphatic carbocycles. The van der Waals surface area contributed by atoms with E-state index in [-0.39, 0.29) is 21.1 Å². The topological polar surface area (TPSA) is 88.0 Å². The van der Waals surface area contributed by atoms with Gasteiger partial charge in [-0.1, -0.05) is 29.3 Å². The summed E-state index contributed by atoms with van der Waals surface area (Å²) in [6.07, 6.45) is 1.24. The summed E-state index contributed by atoms with van der Waals surface area (Å²) in [5.74, 6) is 0. The first-order valence-electron chi connectivity index (χ1n) is 4.37. The Morgan fingerprint density at radius 1 is 1.24 bits per heavy atom. The lowest BCUT2D eigenvalue weighted by Crippen LogP contribution is -2.32. The van der Waals surface area contributed by atoms with Crippen LogP contribution in [0.1, 0.15) is 5.56 Å². The Bertz CT molecular complexity index is 543. The summed E-state index contributed by atoms with van der Waals surface area (Å²) in [7, 11) is -1.82. The van der Waals surface area contributed by atoms with Crippen LogP contribution in [-0.2, 0) is 0 Å². The van der Waals surface area contributed by atoms with Gasteiger partial charge < -0.3 is 10.0 Å². The molecule has 0 spiro atoms. The third kappa shape index (κ3) is 3.00. The van der Waals surface area contributed by atoms with Gasteiger partial charge in [-0.05, 0) is 17.7 Å². The van der Waals surface area contributed by atoms with Crippen LogP contribution in [0.25, 0.3) is 6.08 Å². The van der Waals surface area contributed by atoms with Crippen molar-refractivity contribution in [2.45, 2.75) is 0 Å². The maximum Gasteiger partial charge on any atom is 0.491 e. The number of hydrogen-bond donors (Lipinski definition) is 2. The number of benzene rings is 1. The third-order valence-electron chi connectivity index (χ3n) is 1.96. The highest BCUT2D eigenvalue weighted by Crippen LogP contribution is 2.21. The van der Waals surface area contributed by atoms with Crippen molar-refractivity contribution in [3.05, 3.63) is 33.3 Å². The molecule has 0 aliphatic heterocycles. The van der Waals surface area contributed by atoms with E-state index in [0.717, 1.165) is 0 Å². The summed E-state index contributed by atoms with van der Waals surface area (Å²) < 4.78 is 0. The molecule has 0 saturated carbocycles. The molecule has 1 aromatic carbocycles. The molecule has 0 amide bonds. The van der Waals surface area contributed by atoms with Crippen LogP contribution in [0.3, 0.4) is 0 Å². The molecule has 0 aliphatic rings. The lowest BCUT2D eigenvalue weighted by Gasteiger charge is -2.08. The molecule has 0 atom stereocenters. The first-order chi connectivity index (χ1) is 8.01. The van der Waals surface area contributed by atoms with Crippen molar-refractivity contribution in [3.8, 4) is 12.1 Å². The van der Waals surface area contributed by atoms with Crippen molar-refractivity contribution < 1.29 is 10.0 Å². The zero-order valence-corrected chi connectivity index (χ0v) is 9.87. The number of nitriles is 2. The number of allylic oxidation sites excluding steroid dienone is 1. The number of halogens is 2. The quantitative estimate of drug-likeness (QED) is 0.620. The smallest absolute Gasteiger partial charge is 0.423 e. The van der Waals surface area contributed by atoms with E-state index in [2.05, 4.69) is 0 Å². The van der Waals surface area contributed by atoms with Gasteiger partial charge >= 0.3 is 7.12 Å². The van der Waals surface area contributed by atoms with E-state index in [9.17, 15) is 0 Å². The summed E-state index contributed by atoms with van der Waals surface area (Å²) in [5.41, 5.74) is 0.113. The van der Waals surface area contributed by atoms with Crippen LogP contribution >= 0.6 is 23.2 Å². The predicted octanol–water partition coefficient (Wildman–Crippen LogP) is 1.10. The second-order valence-electron chi connectivity index (χ2n) is 3.02. The highest BCUT2D eigenvalue weighted by Gasteiger charge is 2.21. The summed E-state index contributed by atoms with van der Waals surface area (Å²) in [4.78, 5) is 0. The molecule has 0 radical (unpaired) electrons. The molecule has 84 valence electrons. The van der Waals surface area contributed by atoms with Gasteiger partial charge in [0.05, 0.1) is 0 Å². The van der Waals surface area contributed by atoms with Gasteiger partial charge in [0.15, 0.2) is 0 Å². The molecule has 0 saturated heterocycles. The number of hydrogen-bond acceptors (Lipinski definition) is 4. The Hall–Kier alpha value is -1.50. The molecular formula is C10H5BCl2N2O2. The Labute approximate surface area is 108 Å². The molecule has 4 nitrogen and oxygen atoms in total. The zero-order valence-electron chi connectivity index (χ0n) is 8.35. The van der Waals surface area contributed by atoms with Gasteiger partial charge in [0, 0.05) is 15.5 Å². The van der Waals surface area contributed by atoms with Crippen LogP contribution in [0, 0.1) is 22.7 Å². The largest absolute Gasteiger partial charge is 0.491 e. The van der Waals surface area contributed by atoms with Gasteiger partial charge in [-0.2, -0.15) is 10.5 Å². The molecule has 1 aromatic rings. The highest BCUT2D eigenvalue weighted by atomic mass is 35.5. The van der Waals surface area contributed by atoms with Crippen molar-refractivity contribution >= 4 is 41.9 Å². The molecular weight excluding hydrogens is 262 g/mol. The van der Waals surface area contributed by atoms with Crippen molar-refractivity contribution in [1.82, 2.24) is 0 Å². The minimum absolute atomic E-state index is 0.00417. The van der Waals surface area contributed by atoms with Crippen LogP contribution in [0.4, 0.5) is 0 Å². The van der Waals surface area contributed by atoms with Crippen molar-refractivity contribution in [1.29, 1.82) is 10.5 Å². The Kier molecular flexibility index (Phi) is 4.57. The van der Waals surface area contributed by atoms with E-state index in [0.29, 0.717) is 5.56 Å². The maximum atomic E-state index is 9.09. The van der Waals surface area contributed by atoms with E-state index in [1.54, 1.807) is 12.1 Å². The van der Waals surface area contributed by atoms with Gasteiger partial charge in [0.1, 0.15) is 17.7 Å². The Morgan fingerprint density at radius 3 is 2.29 bits per heavy atom. The van der Waals surface area contributed by atoms with E-state index >= 15 is 0 Å². The molecule has 0 aromatic heterocycles. The van der Waals surface area contributed by atoms with Gasteiger partial charge in [0.2, 0.25) is 0 Å². The fourth-order valence-corrected chi connectivity index (χ4v) is 1.80. The van der Waals surface area contributed by atoms with E-state index in [1.807, 2.05) is 0 Å². The molecule has 17 heavy (non-hydrogen) atoms. The lowest BCUT2D eigenvalue weighted by atomic mass is 9.79. The molecule has 0 unspecified atom stereocenters. The Morgan fingerprint density at radius 2 is 1.82 bits per heavy atom. The molecule has 2 N–H and O–H groups in total. The van der Waals surface area contributed by atoms with Gasteiger partial charge in [0.25, 0.3) is 0 Å². The zero-order chi connectivity index (χ0) is 13.0. The SMILES string of the molecule is N#CC(C#N)=Cc1ccc(Cl)c(B(O)O)c1Cl. The fourth-order valence-electron chi connectivity index (χ4n) is 1.18. The minimum atomic E-state index is -1.82. The van der Waals surface area contributed by atoms with Crippen molar-refractivity contribution in [2.24, 2.45) is 0 Å². The van der Waals surface area contributed by atoms with Crippen LogP contribution in [-0.4, -0.2) is 17.2 Å². The van der Waals surface area contributed by atoms with E-state index in [4.69, 9.17) is 43.8 Å². The molecule has 0 bridgehead atoms. The minimum Gasteiger partial charge on any atom is -0.423 e. The molecule has 7 heteroatoms. The molecule has 0 heterocycles. The average Bonchev–Trinajstić information content (AvgIpc) is 2.28. The van der Waals surface area contributed by atoms with Gasteiger partial charge in [-0.3, -0.25) is 0 Å². The molecule has 0 fully saturated rings. The summed E-state index contributed by atoms with van der Waals surface area (Å²) >= 11 is 11.6. The lowest BCUT2D eigenvalue weighted by molar-refractivity contribution is 0.426. The third-order valence-corrected chi connectivity index (χ3v) is 2.71. The first-order valence-corrected chi connectivity index (χ1v) is 5.12. The predicted molar refractivity (Wildman–Crippen MR) is 65.5 cm³/mol. The maximum absolute atomic E-state index is 9.09. The van der Waals surface area contributed by atoms with Gasteiger partial charge in [-0.25, -0.2) is 0 Å². The van der Waals surface area contributed by atoms with Crippen molar-refractivity contribution in [2.75, 3.05) is 0 Å². The normalized spacial score (nSPS) is 9.06. The van der Waals surface area contributed by atoms with Crippen LogP contribution in [0.15, 0.2) is 17.7 Å². The van der Waals surface area contributed by atoms with Gasteiger partial charge in [-0.15, -0.1) is 0 Å². The van der Waals surface area contributed by atoms with Crippen molar-refractivity contribution in [3.63, 3.8) is 0 Å². The number of nitrogens with zero attached hydrogens (tertiary/aromatic N) is 2. The Balaban J connectivity index is 3.41. The van der Waals surface area contributed by atoms with Crippen LogP contribution in [0.2, 0.25) is 10.0 Å². The monoisotopic (exact) mass is 266 g/mol. The first kappa shape index (κ1) is 13.6. The summed E-state index contributed by atoms with van der Waals surface area (Å²) in [6, 6.07) is 6.23. The van der Waals surface area contributed by atoms with E-state index < -0.39 is 7.12 Å². The fraction of sp³-hybridized carbons (Fsp3) is 0. The molecule has 1 rings (SSSR count). The van der Waals surface area contributed by atoms with E-state index in [1.165, 1.54) is 18.2 Å². The second kappa shape index (κ2) is 5.72. The number of rotatable bonds is 2. The standard InChI is InChI=1S/C10H5BCl2N2O2/c12-8-2-1-7(3-6(4-14)5-15)10(13)9(8)11(16)17/h1-3,16-17H. The second-order valence-corrected chi connectivity index (χ2v) is 3.80. The highest BCUT2D eigenvalue weighted by molar-refractivity contribution is 6.66.